The third kappa shape index (κ3) is 7.07. The van der Waals surface area contributed by atoms with Crippen molar-refractivity contribution in [2.75, 3.05) is 12.3 Å². The molecule has 174 valence electrons. The summed E-state index contributed by atoms with van der Waals surface area (Å²) in [5.41, 5.74) is 7.04. The van der Waals surface area contributed by atoms with E-state index in [9.17, 15) is 19.1 Å². The Morgan fingerprint density at radius 1 is 1.29 bits per heavy atom. The van der Waals surface area contributed by atoms with E-state index in [4.69, 9.17) is 20.8 Å². The van der Waals surface area contributed by atoms with Crippen molar-refractivity contribution in [1.82, 2.24) is 9.97 Å². The molecule has 2 aromatic rings. The molecule has 7 N–H and O–H groups in total. The second-order valence-electron chi connectivity index (χ2n) is 6.53. The monoisotopic (exact) mass is 501 g/mol. The Morgan fingerprint density at radius 2 is 1.94 bits per heavy atom. The lowest BCUT2D eigenvalue weighted by molar-refractivity contribution is -0.710. The number of aryl methyl sites for hydroxylation is 1. The molecular formula is C14H23N4O10P2S+. The van der Waals surface area contributed by atoms with Crippen LogP contribution in [0.15, 0.2) is 6.20 Å². The summed E-state index contributed by atoms with van der Waals surface area (Å²) in [5, 5.41) is 19.7. The van der Waals surface area contributed by atoms with Gasteiger partial charge in [0.05, 0.1) is 17.0 Å². The zero-order valence-corrected chi connectivity index (χ0v) is 19.3. The van der Waals surface area contributed by atoms with E-state index in [1.807, 2.05) is 0 Å². The predicted octanol–water partition coefficient (Wildman–Crippen LogP) is 0.496. The lowest BCUT2D eigenvalue weighted by Gasteiger charge is -2.14. The number of aromatic nitrogens is 3. The van der Waals surface area contributed by atoms with E-state index in [-0.39, 0.29) is 23.8 Å². The molecule has 2 atom stereocenters. The summed E-state index contributed by atoms with van der Waals surface area (Å²) < 4.78 is 32.2. The van der Waals surface area contributed by atoms with Crippen molar-refractivity contribution >= 4 is 32.8 Å². The lowest BCUT2D eigenvalue weighted by atomic mass is 10.2. The normalized spacial score (nSPS) is 16.1. The Hall–Kier alpha value is -1.35. The van der Waals surface area contributed by atoms with E-state index in [0.717, 1.165) is 11.3 Å². The molecule has 17 heteroatoms. The molecule has 2 rings (SSSR count). The van der Waals surface area contributed by atoms with Crippen LogP contribution in [0, 0.1) is 13.8 Å². The van der Waals surface area contributed by atoms with Gasteiger partial charge in [-0.2, -0.15) is 13.8 Å². The van der Waals surface area contributed by atoms with Gasteiger partial charge in [0.25, 0.3) is 5.79 Å². The summed E-state index contributed by atoms with van der Waals surface area (Å²) in [7, 11) is -10.2. The van der Waals surface area contributed by atoms with Gasteiger partial charge in [-0.05, 0) is 6.92 Å². The molecule has 0 aliphatic carbocycles. The molecular weight excluding hydrogens is 478 g/mol. The van der Waals surface area contributed by atoms with Crippen LogP contribution in [0.25, 0.3) is 0 Å². The van der Waals surface area contributed by atoms with Crippen LogP contribution in [-0.2, 0) is 41.6 Å². The Bertz CT molecular complexity index is 1040. The van der Waals surface area contributed by atoms with Gasteiger partial charge in [-0.15, -0.1) is 0 Å². The highest BCUT2D eigenvalue weighted by atomic mass is 32.1. The number of hydrogen-bond donors (Lipinski definition) is 6. The molecule has 0 bridgehead atoms. The highest BCUT2D eigenvalue weighted by Crippen LogP contribution is 2.57. The van der Waals surface area contributed by atoms with Gasteiger partial charge in [-0.1, -0.05) is 11.3 Å². The Labute approximate surface area is 180 Å². The van der Waals surface area contributed by atoms with Crippen molar-refractivity contribution in [3.05, 3.63) is 33.2 Å². The number of thiazole rings is 1. The number of phosphoric ester groups is 1. The van der Waals surface area contributed by atoms with Gasteiger partial charge >= 0.3 is 20.7 Å². The van der Waals surface area contributed by atoms with Crippen LogP contribution in [0.1, 0.15) is 33.9 Å². The van der Waals surface area contributed by atoms with E-state index in [0.29, 0.717) is 22.0 Å². The van der Waals surface area contributed by atoms with Crippen molar-refractivity contribution in [3.8, 4) is 0 Å². The maximum absolute atomic E-state index is 11.6. The molecule has 0 aromatic carbocycles. The quantitative estimate of drug-likeness (QED) is 0.0859. The first-order chi connectivity index (χ1) is 14.1. The molecule has 1 unspecified atom stereocenters. The second kappa shape index (κ2) is 9.65. The minimum Gasteiger partial charge on any atom is -0.383 e. The number of nitrogen functional groups attached to an aromatic ring is 1. The SMILES string of the molecule is Cc1ncc(C[n+]2c([C@@](C)(O)OO)sc(CCOP(=O)(O)OP(=O)(O)O)c2C)c(N)n1. The minimum absolute atomic E-state index is 0.00690. The van der Waals surface area contributed by atoms with Gasteiger partial charge in [0.15, 0.2) is 12.2 Å². The number of nitrogens with zero attached hydrogens (tertiary/aromatic N) is 3. The number of rotatable bonds is 10. The summed E-state index contributed by atoms with van der Waals surface area (Å²) in [6.45, 7) is 4.24. The highest BCUT2D eigenvalue weighted by molar-refractivity contribution is 7.60. The van der Waals surface area contributed by atoms with Crippen LogP contribution in [-0.4, -0.2) is 41.6 Å². The lowest BCUT2D eigenvalue weighted by Crippen LogP contribution is -2.46. The summed E-state index contributed by atoms with van der Waals surface area (Å²) in [6, 6.07) is 0. The predicted molar refractivity (Wildman–Crippen MR) is 105 cm³/mol. The summed E-state index contributed by atoms with van der Waals surface area (Å²) >= 11 is 1.01. The van der Waals surface area contributed by atoms with Crippen molar-refractivity contribution < 1.29 is 52.5 Å². The molecule has 2 aromatic heterocycles. The van der Waals surface area contributed by atoms with Crippen LogP contribution < -0.4 is 10.3 Å². The number of hydrogen-bond acceptors (Lipinski definition) is 11. The number of phosphoric acid groups is 2. The fraction of sp³-hybridized carbons (Fsp3) is 0.500. The van der Waals surface area contributed by atoms with E-state index in [1.165, 1.54) is 13.1 Å². The first-order valence-electron chi connectivity index (χ1n) is 8.55. The van der Waals surface area contributed by atoms with E-state index >= 15 is 0 Å². The second-order valence-corrected chi connectivity index (χ2v) is 10.4. The summed E-state index contributed by atoms with van der Waals surface area (Å²) in [5.74, 6) is -1.39. The number of aliphatic hydroxyl groups is 1. The molecule has 0 aliphatic rings. The van der Waals surface area contributed by atoms with Crippen molar-refractivity contribution in [2.45, 2.75) is 39.5 Å². The topological polar surface area (TPSA) is 219 Å². The molecule has 0 aliphatic heterocycles. The molecule has 0 amide bonds. The summed E-state index contributed by atoms with van der Waals surface area (Å²) in [4.78, 5) is 39.6. The van der Waals surface area contributed by atoms with E-state index < -0.39 is 28.0 Å². The Kier molecular flexibility index (Phi) is 8.06. The zero-order chi connectivity index (χ0) is 23.6. The molecule has 0 radical (unpaired) electrons. The zero-order valence-electron chi connectivity index (χ0n) is 16.7. The van der Waals surface area contributed by atoms with Gasteiger partial charge in [0, 0.05) is 26.5 Å². The fourth-order valence-corrected chi connectivity index (χ4v) is 5.37. The molecule has 0 spiro atoms. The number of nitrogens with two attached hydrogens (primary N) is 1. The van der Waals surface area contributed by atoms with Gasteiger partial charge in [-0.25, -0.2) is 24.4 Å². The molecule has 0 fully saturated rings. The minimum atomic E-state index is -5.23. The van der Waals surface area contributed by atoms with Gasteiger partial charge in [0.2, 0.25) is 0 Å². The van der Waals surface area contributed by atoms with Crippen LogP contribution in [0.4, 0.5) is 5.82 Å². The Balaban J connectivity index is 2.30. The van der Waals surface area contributed by atoms with Crippen molar-refractivity contribution in [1.29, 1.82) is 0 Å². The third-order valence-corrected chi connectivity index (χ3v) is 7.71. The van der Waals surface area contributed by atoms with E-state index in [1.54, 1.807) is 18.4 Å². The highest BCUT2D eigenvalue weighted by Gasteiger charge is 2.40. The van der Waals surface area contributed by atoms with Crippen molar-refractivity contribution in [3.63, 3.8) is 0 Å². The first-order valence-corrected chi connectivity index (χ1v) is 12.4. The first kappa shape index (κ1) is 25.9. The van der Waals surface area contributed by atoms with Crippen LogP contribution in [0.3, 0.4) is 0 Å². The average molecular weight is 501 g/mol. The maximum Gasteiger partial charge on any atom is 0.481 e. The molecule has 14 nitrogen and oxygen atoms in total. The molecule has 31 heavy (non-hydrogen) atoms. The molecule has 2 heterocycles. The Morgan fingerprint density at radius 3 is 2.48 bits per heavy atom. The van der Waals surface area contributed by atoms with Crippen LogP contribution >= 0.6 is 27.0 Å². The van der Waals surface area contributed by atoms with E-state index in [2.05, 4.69) is 23.7 Å². The average Bonchev–Trinajstić information content (AvgIpc) is 2.92. The molecule has 0 saturated carbocycles. The van der Waals surface area contributed by atoms with Gasteiger partial charge < -0.3 is 25.5 Å². The third-order valence-electron chi connectivity index (χ3n) is 3.99. The largest absolute Gasteiger partial charge is 0.481 e. The smallest absolute Gasteiger partial charge is 0.383 e. The van der Waals surface area contributed by atoms with Gasteiger partial charge in [-0.3, -0.25) is 4.52 Å². The maximum atomic E-state index is 11.6. The number of anilines is 1. The molecule has 0 saturated heterocycles. The standard InChI is InChI=1S/C14H22N4O10P2S/c1-8-11(4-5-26-30(24,25)28-29(21,22)23)31-13(14(3,19)27-20)18(8)7-10-6-16-9(2)17-12(10)15/h6,19H,4-5,7H2,1-3H3,(H5-,15,16,17,20,21,22,23,24,25)/p+1/t14-/m0/s1. The van der Waals surface area contributed by atoms with Crippen molar-refractivity contribution in [2.24, 2.45) is 0 Å². The van der Waals surface area contributed by atoms with Crippen LogP contribution in [0.5, 0.6) is 0 Å². The fourth-order valence-electron chi connectivity index (χ4n) is 2.57. The summed E-state index contributed by atoms with van der Waals surface area (Å²) in [6.07, 6.45) is 1.53. The van der Waals surface area contributed by atoms with Gasteiger partial charge in [0.1, 0.15) is 11.6 Å². The van der Waals surface area contributed by atoms with Crippen LogP contribution in [0.2, 0.25) is 0 Å².